The van der Waals surface area contributed by atoms with Gasteiger partial charge in [-0.25, -0.2) is 0 Å². The van der Waals surface area contributed by atoms with E-state index in [4.69, 9.17) is 0 Å². The minimum atomic E-state index is -1.21. The van der Waals surface area contributed by atoms with Crippen molar-refractivity contribution in [1.82, 2.24) is 0 Å². The van der Waals surface area contributed by atoms with Gasteiger partial charge in [-0.15, -0.1) is 0 Å². The number of allylic oxidation sites excluding steroid dienone is 1. The van der Waals surface area contributed by atoms with Crippen LogP contribution in [0.25, 0.3) is 0 Å². The average molecular weight is 358 g/mol. The lowest BCUT2D eigenvalue weighted by molar-refractivity contribution is 0.119. The molecule has 2 nitrogen and oxygen atoms in total. The zero-order valence-electron chi connectivity index (χ0n) is 16.3. The molecule has 1 heterocycles. The zero-order chi connectivity index (χ0) is 18.9. The first-order chi connectivity index (χ1) is 12.1. The highest BCUT2D eigenvalue weighted by atomic mass is 32.1. The molecule has 2 rings (SSSR count). The van der Waals surface area contributed by atoms with Crippen LogP contribution in [0.5, 0.6) is 0 Å². The second-order valence-electron chi connectivity index (χ2n) is 5.64. The van der Waals surface area contributed by atoms with Gasteiger partial charge in [0.25, 0.3) is 0 Å². The van der Waals surface area contributed by atoms with E-state index in [1.807, 2.05) is 76.6 Å². The van der Waals surface area contributed by atoms with Crippen molar-refractivity contribution in [1.29, 1.82) is 0 Å². The molecule has 0 amide bonds. The molecule has 0 aliphatic carbocycles. The van der Waals surface area contributed by atoms with Crippen LogP contribution in [-0.2, 0) is 12.0 Å². The maximum Gasteiger partial charge on any atom is 0.158 e. The molecular formula is C22H31NOS. The fourth-order valence-electron chi connectivity index (χ4n) is 2.79. The van der Waals surface area contributed by atoms with Crippen molar-refractivity contribution in [3.05, 3.63) is 69.1 Å². The maximum atomic E-state index is 11.8. The molecule has 1 N–H and O–H groups in total. The molecule has 2 aromatic rings. The Hall–Kier alpha value is -1.71. The number of aliphatic hydroxyl groups is 1. The summed E-state index contributed by atoms with van der Waals surface area (Å²) in [6.07, 6.45) is 5.49. The number of nitrogens with zero attached hydrogens (tertiary/aromatic N) is 1. The van der Waals surface area contributed by atoms with Gasteiger partial charge in [0.1, 0.15) is 0 Å². The fourth-order valence-corrected chi connectivity index (χ4v) is 3.78. The third-order valence-corrected chi connectivity index (χ3v) is 4.80. The summed E-state index contributed by atoms with van der Waals surface area (Å²) in [4.78, 5) is 4.56. The van der Waals surface area contributed by atoms with Crippen LogP contribution < -0.4 is 0 Å². The van der Waals surface area contributed by atoms with Crippen LogP contribution in [0.3, 0.4) is 0 Å². The Morgan fingerprint density at radius 3 is 2.52 bits per heavy atom. The second kappa shape index (κ2) is 10.3. The number of thiophene rings is 1. The number of hydrogen-bond donors (Lipinski definition) is 1. The summed E-state index contributed by atoms with van der Waals surface area (Å²) in [5.41, 5.74) is 3.58. The van der Waals surface area contributed by atoms with Crippen molar-refractivity contribution in [2.45, 2.75) is 60.0 Å². The molecule has 0 aliphatic heterocycles. The van der Waals surface area contributed by atoms with E-state index >= 15 is 0 Å². The van der Waals surface area contributed by atoms with E-state index in [2.05, 4.69) is 17.3 Å². The Labute approximate surface area is 157 Å². The molecule has 0 fully saturated rings. The van der Waals surface area contributed by atoms with Crippen molar-refractivity contribution < 1.29 is 5.11 Å². The van der Waals surface area contributed by atoms with E-state index in [-0.39, 0.29) is 0 Å². The van der Waals surface area contributed by atoms with Crippen LogP contribution in [0.4, 0.5) is 0 Å². The van der Waals surface area contributed by atoms with Gasteiger partial charge in [-0.05, 0) is 48.6 Å². The highest BCUT2D eigenvalue weighted by molar-refractivity contribution is 7.08. The standard InChI is InChI=1S/C20H25NOS.C2H6/c1-5-11-21-19(7-3)20(22,17-10-8-9-15(4)12-17)18-14-23-13-16(18)6-2;1-2/h7-14,22H,5-6H2,1-4H3;1-2H3/b19-7-,21-11?;. The Kier molecular flexibility index (Phi) is 8.81. The lowest BCUT2D eigenvalue weighted by atomic mass is 9.82. The SMILES string of the molecule is C/C=C(\N=CCC)C(O)(c1cccc(C)c1)c1cscc1CC.CC. The van der Waals surface area contributed by atoms with E-state index in [0.29, 0.717) is 5.70 Å². The van der Waals surface area contributed by atoms with E-state index < -0.39 is 5.60 Å². The number of benzene rings is 1. The maximum absolute atomic E-state index is 11.8. The molecule has 1 aromatic carbocycles. The van der Waals surface area contributed by atoms with E-state index in [9.17, 15) is 5.11 Å². The number of aryl methyl sites for hydroxylation is 2. The van der Waals surface area contributed by atoms with Crippen molar-refractivity contribution in [3.63, 3.8) is 0 Å². The van der Waals surface area contributed by atoms with Gasteiger partial charge in [0.2, 0.25) is 0 Å². The molecule has 0 spiro atoms. The van der Waals surface area contributed by atoms with Crippen LogP contribution >= 0.6 is 11.3 Å². The molecule has 0 saturated carbocycles. The van der Waals surface area contributed by atoms with Gasteiger partial charge in [-0.1, -0.05) is 63.6 Å². The summed E-state index contributed by atoms with van der Waals surface area (Å²) < 4.78 is 0. The summed E-state index contributed by atoms with van der Waals surface area (Å²) >= 11 is 1.63. The van der Waals surface area contributed by atoms with Gasteiger partial charge in [-0.2, -0.15) is 11.3 Å². The Morgan fingerprint density at radius 1 is 1.24 bits per heavy atom. The zero-order valence-corrected chi connectivity index (χ0v) is 17.2. The van der Waals surface area contributed by atoms with Gasteiger partial charge in [0.15, 0.2) is 5.60 Å². The van der Waals surface area contributed by atoms with Crippen LogP contribution in [0.15, 0.2) is 51.8 Å². The predicted octanol–water partition coefficient (Wildman–Crippen LogP) is 6.27. The minimum Gasteiger partial charge on any atom is -0.374 e. The molecule has 0 aliphatic rings. The highest BCUT2D eigenvalue weighted by Crippen LogP contribution is 2.41. The number of rotatable bonds is 6. The first kappa shape index (κ1) is 21.3. The minimum absolute atomic E-state index is 0.679. The molecule has 0 saturated heterocycles. The number of hydrogen-bond acceptors (Lipinski definition) is 3. The molecule has 1 atom stereocenters. The van der Waals surface area contributed by atoms with E-state index in [1.165, 1.54) is 5.56 Å². The van der Waals surface area contributed by atoms with E-state index in [0.717, 1.165) is 29.5 Å². The van der Waals surface area contributed by atoms with Crippen LogP contribution in [-0.4, -0.2) is 11.3 Å². The molecule has 1 unspecified atom stereocenters. The Balaban J connectivity index is 0.00000151. The second-order valence-corrected chi connectivity index (χ2v) is 6.38. The third kappa shape index (κ3) is 4.68. The largest absolute Gasteiger partial charge is 0.374 e. The number of aliphatic imine (C=N–C) groups is 1. The van der Waals surface area contributed by atoms with Gasteiger partial charge in [0, 0.05) is 11.8 Å². The summed E-state index contributed by atoms with van der Waals surface area (Å²) in [5.74, 6) is 0. The van der Waals surface area contributed by atoms with Gasteiger partial charge >= 0.3 is 0 Å². The third-order valence-electron chi connectivity index (χ3n) is 4.01. The lowest BCUT2D eigenvalue weighted by Crippen LogP contribution is -2.30. The van der Waals surface area contributed by atoms with Crippen molar-refractivity contribution >= 4 is 17.6 Å². The topological polar surface area (TPSA) is 32.6 Å². The molecule has 0 radical (unpaired) electrons. The Morgan fingerprint density at radius 2 is 1.96 bits per heavy atom. The van der Waals surface area contributed by atoms with Gasteiger partial charge in [-0.3, -0.25) is 4.99 Å². The summed E-state index contributed by atoms with van der Waals surface area (Å²) in [5, 5.41) is 16.0. The summed E-state index contributed by atoms with van der Waals surface area (Å²) in [6.45, 7) is 12.1. The highest BCUT2D eigenvalue weighted by Gasteiger charge is 2.37. The molecule has 3 heteroatoms. The molecule has 136 valence electrons. The lowest BCUT2D eigenvalue weighted by Gasteiger charge is -2.30. The first-order valence-electron chi connectivity index (χ1n) is 9.12. The molecule has 0 bridgehead atoms. The first-order valence-corrected chi connectivity index (χ1v) is 10.1. The quantitative estimate of drug-likeness (QED) is 0.608. The smallest absolute Gasteiger partial charge is 0.158 e. The average Bonchev–Trinajstić information content (AvgIpc) is 3.13. The van der Waals surface area contributed by atoms with Crippen LogP contribution in [0, 0.1) is 6.92 Å². The predicted molar refractivity (Wildman–Crippen MR) is 112 cm³/mol. The van der Waals surface area contributed by atoms with Gasteiger partial charge in [0.05, 0.1) is 5.70 Å². The van der Waals surface area contributed by atoms with E-state index in [1.54, 1.807) is 11.3 Å². The monoisotopic (exact) mass is 357 g/mol. The van der Waals surface area contributed by atoms with Crippen LogP contribution in [0.2, 0.25) is 0 Å². The normalized spacial score (nSPS) is 14.1. The molecular weight excluding hydrogens is 326 g/mol. The van der Waals surface area contributed by atoms with Crippen molar-refractivity contribution in [2.75, 3.05) is 0 Å². The summed E-state index contributed by atoms with van der Waals surface area (Å²) in [6, 6.07) is 8.06. The van der Waals surface area contributed by atoms with Crippen molar-refractivity contribution in [2.24, 2.45) is 4.99 Å². The Bertz CT molecular complexity index is 714. The summed E-state index contributed by atoms with van der Waals surface area (Å²) in [7, 11) is 0. The van der Waals surface area contributed by atoms with Crippen LogP contribution in [0.1, 0.15) is 63.3 Å². The van der Waals surface area contributed by atoms with Gasteiger partial charge < -0.3 is 5.11 Å². The van der Waals surface area contributed by atoms with Crippen molar-refractivity contribution in [3.8, 4) is 0 Å². The fraction of sp³-hybridized carbons (Fsp3) is 0.409. The molecule has 1 aromatic heterocycles. The molecule has 25 heavy (non-hydrogen) atoms.